The molecule has 1 amide bonds. The van der Waals surface area contributed by atoms with Crippen molar-refractivity contribution in [2.45, 2.75) is 36.6 Å². The topological polar surface area (TPSA) is 89.3 Å². The molecule has 8 heteroatoms. The summed E-state index contributed by atoms with van der Waals surface area (Å²) in [5.74, 6) is 0.354. The molecule has 0 saturated heterocycles. The number of benzene rings is 1. The normalized spacial score (nSPS) is 15.6. The smallest absolute Gasteiger partial charge is 0.220 e. The van der Waals surface area contributed by atoms with E-state index < -0.39 is 9.84 Å². The van der Waals surface area contributed by atoms with Crippen molar-refractivity contribution in [1.82, 2.24) is 5.32 Å². The summed E-state index contributed by atoms with van der Waals surface area (Å²) in [6, 6.07) is 6.56. The molecule has 1 fully saturated rings. The van der Waals surface area contributed by atoms with Crippen molar-refractivity contribution in [3.05, 3.63) is 28.7 Å². The van der Waals surface area contributed by atoms with E-state index in [1.807, 2.05) is 0 Å². The number of halogens is 2. The van der Waals surface area contributed by atoms with Gasteiger partial charge in [-0.15, -0.1) is 12.4 Å². The number of nitrogens with two attached hydrogens (primary N) is 1. The third kappa shape index (κ3) is 6.41. The lowest BCUT2D eigenvalue weighted by Gasteiger charge is -2.15. The molecule has 130 valence electrons. The number of amides is 1. The Morgan fingerprint density at radius 2 is 1.91 bits per heavy atom. The van der Waals surface area contributed by atoms with Crippen molar-refractivity contribution in [3.63, 3.8) is 0 Å². The third-order valence-corrected chi connectivity index (χ3v) is 6.13. The summed E-state index contributed by atoms with van der Waals surface area (Å²) >= 11 is 3.27. The SMILES string of the molecule is Cl.NCC(NC(=O)CCCS(=O)(=O)c1ccc(Br)cc1)C1CC1. The van der Waals surface area contributed by atoms with Gasteiger partial charge < -0.3 is 11.1 Å². The molecule has 0 aliphatic heterocycles. The highest BCUT2D eigenvalue weighted by atomic mass is 79.9. The van der Waals surface area contributed by atoms with Crippen LogP contribution in [0.25, 0.3) is 0 Å². The van der Waals surface area contributed by atoms with Gasteiger partial charge in [-0.05, 0) is 49.4 Å². The van der Waals surface area contributed by atoms with Gasteiger partial charge in [0.25, 0.3) is 0 Å². The zero-order chi connectivity index (χ0) is 16.2. The predicted molar refractivity (Wildman–Crippen MR) is 96.4 cm³/mol. The van der Waals surface area contributed by atoms with Gasteiger partial charge >= 0.3 is 0 Å². The van der Waals surface area contributed by atoms with Crippen molar-refractivity contribution in [2.24, 2.45) is 11.7 Å². The second-order valence-electron chi connectivity index (χ2n) is 5.62. The first-order valence-electron chi connectivity index (χ1n) is 7.40. The Kier molecular flexibility index (Phi) is 8.00. The Morgan fingerprint density at radius 3 is 2.43 bits per heavy atom. The summed E-state index contributed by atoms with van der Waals surface area (Å²) in [6.07, 6.45) is 2.74. The molecule has 5 nitrogen and oxygen atoms in total. The van der Waals surface area contributed by atoms with Crippen LogP contribution in [0.4, 0.5) is 0 Å². The molecule has 0 radical (unpaired) electrons. The largest absolute Gasteiger partial charge is 0.352 e. The molecule has 3 N–H and O–H groups in total. The van der Waals surface area contributed by atoms with E-state index >= 15 is 0 Å². The Morgan fingerprint density at radius 1 is 1.30 bits per heavy atom. The van der Waals surface area contributed by atoms with Gasteiger partial charge in [-0.25, -0.2) is 8.42 Å². The Balaban J connectivity index is 0.00000264. The number of hydrogen-bond donors (Lipinski definition) is 2. The van der Waals surface area contributed by atoms with Crippen LogP contribution in [0.3, 0.4) is 0 Å². The summed E-state index contributed by atoms with van der Waals surface area (Å²) in [7, 11) is -3.34. The van der Waals surface area contributed by atoms with Crippen molar-refractivity contribution in [3.8, 4) is 0 Å². The maximum atomic E-state index is 12.2. The van der Waals surface area contributed by atoms with Crippen LogP contribution >= 0.6 is 28.3 Å². The van der Waals surface area contributed by atoms with Crippen LogP contribution in [0.1, 0.15) is 25.7 Å². The van der Waals surface area contributed by atoms with E-state index in [4.69, 9.17) is 5.73 Å². The number of carbonyl (C=O) groups is 1. The number of nitrogens with one attached hydrogen (secondary N) is 1. The van der Waals surface area contributed by atoms with E-state index in [0.29, 0.717) is 18.9 Å². The molecule has 1 unspecified atom stereocenters. The molecule has 1 atom stereocenters. The molecule has 0 spiro atoms. The monoisotopic (exact) mass is 424 g/mol. The molecule has 0 heterocycles. The second kappa shape index (κ2) is 9.01. The fraction of sp³-hybridized carbons (Fsp3) is 0.533. The highest BCUT2D eigenvalue weighted by Gasteiger charge is 2.31. The van der Waals surface area contributed by atoms with E-state index in [9.17, 15) is 13.2 Å². The zero-order valence-corrected chi connectivity index (χ0v) is 15.9. The lowest BCUT2D eigenvalue weighted by molar-refractivity contribution is -0.121. The standard InChI is InChI=1S/C15H21BrN2O3S.ClH/c16-12-5-7-13(8-6-12)22(20,21)9-1-2-15(19)18-14(10-17)11-3-4-11;/h5-8,11,14H,1-4,9-10,17H2,(H,18,19);1H. The van der Waals surface area contributed by atoms with Crippen molar-refractivity contribution in [1.29, 1.82) is 0 Å². The van der Waals surface area contributed by atoms with Crippen LogP contribution in [0.2, 0.25) is 0 Å². The van der Waals surface area contributed by atoms with E-state index in [-0.39, 0.29) is 41.4 Å². The minimum atomic E-state index is -3.34. The minimum Gasteiger partial charge on any atom is -0.352 e. The van der Waals surface area contributed by atoms with E-state index in [0.717, 1.165) is 17.3 Å². The van der Waals surface area contributed by atoms with Gasteiger partial charge in [-0.2, -0.15) is 0 Å². The van der Waals surface area contributed by atoms with Gasteiger partial charge in [0.2, 0.25) is 5.91 Å². The van der Waals surface area contributed by atoms with Crippen molar-refractivity contribution >= 4 is 44.1 Å². The molecule has 0 bridgehead atoms. The lowest BCUT2D eigenvalue weighted by atomic mass is 10.2. The first kappa shape index (κ1) is 20.4. The van der Waals surface area contributed by atoms with Gasteiger partial charge in [-0.3, -0.25) is 4.79 Å². The first-order valence-corrected chi connectivity index (χ1v) is 9.84. The average molecular weight is 426 g/mol. The quantitative estimate of drug-likeness (QED) is 0.668. The van der Waals surface area contributed by atoms with Crippen LogP contribution in [0.5, 0.6) is 0 Å². The van der Waals surface area contributed by atoms with Gasteiger partial charge in [0.05, 0.1) is 10.6 Å². The summed E-state index contributed by atoms with van der Waals surface area (Å²) in [6.45, 7) is 0.438. The van der Waals surface area contributed by atoms with Gasteiger partial charge in [0.1, 0.15) is 0 Å². The minimum absolute atomic E-state index is 0. The van der Waals surface area contributed by atoms with Crippen LogP contribution in [-0.4, -0.2) is 32.7 Å². The third-order valence-electron chi connectivity index (χ3n) is 3.78. The van der Waals surface area contributed by atoms with E-state index in [1.165, 1.54) is 0 Å². The molecular weight excluding hydrogens is 404 g/mol. The average Bonchev–Trinajstić information content (AvgIpc) is 3.29. The summed E-state index contributed by atoms with van der Waals surface area (Å²) in [5, 5.41) is 2.90. The number of carbonyl (C=O) groups excluding carboxylic acids is 1. The first-order chi connectivity index (χ1) is 10.4. The molecule has 1 aromatic rings. The number of sulfone groups is 1. The summed E-state index contributed by atoms with van der Waals surface area (Å²) in [5.41, 5.74) is 5.63. The zero-order valence-electron chi connectivity index (χ0n) is 12.7. The Labute approximate surface area is 151 Å². The van der Waals surface area contributed by atoms with Crippen LogP contribution in [0, 0.1) is 5.92 Å². The number of hydrogen-bond acceptors (Lipinski definition) is 4. The molecule has 2 rings (SSSR count). The Bertz CT molecular complexity index is 618. The van der Waals surface area contributed by atoms with Gasteiger partial charge in [0.15, 0.2) is 9.84 Å². The van der Waals surface area contributed by atoms with Crippen LogP contribution < -0.4 is 11.1 Å². The van der Waals surface area contributed by atoms with Gasteiger partial charge in [0, 0.05) is 23.5 Å². The number of rotatable bonds is 8. The summed E-state index contributed by atoms with van der Waals surface area (Å²) in [4.78, 5) is 12.1. The molecular formula is C15H22BrClN2O3S. The summed E-state index contributed by atoms with van der Waals surface area (Å²) < 4.78 is 25.1. The predicted octanol–water partition coefficient (Wildman–Crippen LogP) is 2.28. The van der Waals surface area contributed by atoms with Crippen LogP contribution in [-0.2, 0) is 14.6 Å². The second-order valence-corrected chi connectivity index (χ2v) is 8.65. The molecule has 1 aliphatic carbocycles. The molecule has 1 saturated carbocycles. The fourth-order valence-electron chi connectivity index (χ4n) is 2.33. The maximum Gasteiger partial charge on any atom is 0.220 e. The highest BCUT2D eigenvalue weighted by Crippen LogP contribution is 2.32. The maximum absolute atomic E-state index is 12.2. The lowest BCUT2D eigenvalue weighted by Crippen LogP contribution is -2.41. The highest BCUT2D eigenvalue weighted by molar-refractivity contribution is 9.10. The van der Waals surface area contributed by atoms with E-state index in [1.54, 1.807) is 24.3 Å². The molecule has 1 aromatic carbocycles. The Hall–Kier alpha value is -0.630. The van der Waals surface area contributed by atoms with Crippen molar-refractivity contribution < 1.29 is 13.2 Å². The molecule has 0 aromatic heterocycles. The fourth-order valence-corrected chi connectivity index (χ4v) is 3.90. The van der Waals surface area contributed by atoms with Gasteiger partial charge in [-0.1, -0.05) is 15.9 Å². The van der Waals surface area contributed by atoms with Crippen LogP contribution in [0.15, 0.2) is 33.6 Å². The van der Waals surface area contributed by atoms with Crippen molar-refractivity contribution in [2.75, 3.05) is 12.3 Å². The molecule has 1 aliphatic rings. The van der Waals surface area contributed by atoms with E-state index in [2.05, 4.69) is 21.2 Å². The molecule has 23 heavy (non-hydrogen) atoms.